The molecular formula is C12H12F3NO2S. The molecule has 3 nitrogen and oxygen atoms in total. The molecule has 0 bridgehead atoms. The smallest absolute Gasteiger partial charge is 0.368 e. The van der Waals surface area contributed by atoms with Crippen LogP contribution in [0.4, 0.5) is 18.9 Å². The van der Waals surface area contributed by atoms with Gasteiger partial charge >= 0.3 is 5.51 Å². The summed E-state index contributed by atoms with van der Waals surface area (Å²) in [5.41, 5.74) is -6.51. The predicted octanol–water partition coefficient (Wildman–Crippen LogP) is 2.80. The van der Waals surface area contributed by atoms with Crippen LogP contribution in [0, 0.1) is 12.3 Å². The van der Waals surface area contributed by atoms with Crippen molar-refractivity contribution in [3.63, 3.8) is 0 Å². The van der Waals surface area contributed by atoms with Crippen LogP contribution in [0.3, 0.4) is 0 Å². The van der Waals surface area contributed by atoms with Crippen LogP contribution in [0.2, 0.25) is 0 Å². The molecule has 104 valence electrons. The number of hydrogen-bond acceptors (Lipinski definition) is 3. The average Bonchev–Trinajstić information content (AvgIpc) is 2.27. The molecule has 19 heavy (non-hydrogen) atoms. The van der Waals surface area contributed by atoms with E-state index in [4.69, 9.17) is 6.42 Å². The number of para-hydroxylation sites is 1. The SMILES string of the molecule is C#CC(C)(C)Nc1ccccc1S(=O)(=O)C(F)(F)F. The van der Waals surface area contributed by atoms with Crippen molar-refractivity contribution in [1.82, 2.24) is 0 Å². The molecule has 0 amide bonds. The fourth-order valence-electron chi connectivity index (χ4n) is 1.30. The first-order valence-corrected chi connectivity index (χ1v) is 6.66. The minimum Gasteiger partial charge on any atom is -0.368 e. The molecule has 1 aromatic carbocycles. The van der Waals surface area contributed by atoms with Crippen molar-refractivity contribution >= 4 is 15.5 Å². The van der Waals surface area contributed by atoms with E-state index in [1.54, 1.807) is 13.8 Å². The second kappa shape index (κ2) is 4.78. The van der Waals surface area contributed by atoms with Crippen molar-refractivity contribution in [3.8, 4) is 12.3 Å². The molecule has 0 unspecified atom stereocenters. The highest BCUT2D eigenvalue weighted by Gasteiger charge is 2.48. The number of benzene rings is 1. The second-order valence-electron chi connectivity index (χ2n) is 4.34. The van der Waals surface area contributed by atoms with E-state index in [1.807, 2.05) is 0 Å². The normalized spacial score (nSPS) is 12.8. The lowest BCUT2D eigenvalue weighted by molar-refractivity contribution is -0.0435. The van der Waals surface area contributed by atoms with Gasteiger partial charge in [0.15, 0.2) is 0 Å². The maximum absolute atomic E-state index is 12.6. The van der Waals surface area contributed by atoms with Gasteiger partial charge in [-0.05, 0) is 26.0 Å². The zero-order chi connectivity index (χ0) is 14.9. The number of rotatable bonds is 3. The molecule has 7 heteroatoms. The van der Waals surface area contributed by atoms with Crippen LogP contribution in [-0.4, -0.2) is 19.5 Å². The van der Waals surface area contributed by atoms with Gasteiger partial charge < -0.3 is 5.32 Å². The zero-order valence-electron chi connectivity index (χ0n) is 10.2. The van der Waals surface area contributed by atoms with Crippen LogP contribution in [0.1, 0.15) is 13.8 Å². The molecule has 0 atom stereocenters. The number of alkyl halides is 3. The molecule has 0 aliphatic rings. The molecule has 0 fully saturated rings. The maximum Gasteiger partial charge on any atom is 0.501 e. The highest BCUT2D eigenvalue weighted by Crippen LogP contribution is 2.34. The van der Waals surface area contributed by atoms with Crippen LogP contribution in [0.5, 0.6) is 0 Å². The van der Waals surface area contributed by atoms with Crippen molar-refractivity contribution in [3.05, 3.63) is 24.3 Å². The first kappa shape index (κ1) is 15.4. The van der Waals surface area contributed by atoms with Gasteiger partial charge in [0.2, 0.25) is 0 Å². The Balaban J connectivity index is 3.38. The third-order valence-corrected chi connectivity index (χ3v) is 3.83. The summed E-state index contributed by atoms with van der Waals surface area (Å²) in [4.78, 5) is -0.842. The summed E-state index contributed by atoms with van der Waals surface area (Å²) in [6.07, 6.45) is 5.21. The average molecular weight is 291 g/mol. The molecule has 0 radical (unpaired) electrons. The lowest BCUT2D eigenvalue weighted by Gasteiger charge is -2.23. The van der Waals surface area contributed by atoms with Crippen molar-refractivity contribution in [2.24, 2.45) is 0 Å². The molecule has 0 aliphatic carbocycles. The molecule has 1 aromatic rings. The number of sulfone groups is 1. The van der Waals surface area contributed by atoms with Gasteiger partial charge in [-0.2, -0.15) is 13.2 Å². The van der Waals surface area contributed by atoms with Crippen molar-refractivity contribution < 1.29 is 21.6 Å². The Kier molecular flexibility index (Phi) is 3.87. The molecule has 1 rings (SSSR count). The lowest BCUT2D eigenvalue weighted by Crippen LogP contribution is -2.31. The van der Waals surface area contributed by atoms with E-state index in [9.17, 15) is 21.6 Å². The molecule has 0 saturated carbocycles. The van der Waals surface area contributed by atoms with E-state index in [0.717, 1.165) is 6.07 Å². The van der Waals surface area contributed by atoms with Crippen molar-refractivity contribution in [2.45, 2.75) is 29.8 Å². The minimum atomic E-state index is -5.42. The largest absolute Gasteiger partial charge is 0.501 e. The van der Waals surface area contributed by atoms with Crippen molar-refractivity contribution in [2.75, 3.05) is 5.32 Å². The molecule has 0 spiro atoms. The Labute approximate surface area is 109 Å². The molecule has 1 N–H and O–H groups in total. The highest BCUT2D eigenvalue weighted by molar-refractivity contribution is 7.92. The van der Waals surface area contributed by atoms with Gasteiger partial charge in [0, 0.05) is 0 Å². The second-order valence-corrected chi connectivity index (χ2v) is 6.25. The summed E-state index contributed by atoms with van der Waals surface area (Å²) in [6, 6.07) is 4.76. The van der Waals surface area contributed by atoms with Gasteiger partial charge in [0.1, 0.15) is 0 Å². The van der Waals surface area contributed by atoms with Gasteiger partial charge in [-0.15, -0.1) is 6.42 Å². The molecule has 0 saturated heterocycles. The Morgan fingerprint density at radius 2 is 1.74 bits per heavy atom. The number of halogens is 3. The van der Waals surface area contributed by atoms with E-state index >= 15 is 0 Å². The van der Waals surface area contributed by atoms with E-state index < -0.39 is 25.8 Å². The lowest BCUT2D eigenvalue weighted by atomic mass is 10.1. The fraction of sp³-hybridized carbons (Fsp3) is 0.333. The standard InChI is InChI=1S/C12H12F3NO2S/c1-4-11(2,3)16-9-7-5-6-8-10(9)19(17,18)12(13,14)15/h1,5-8,16H,2-3H3. The minimum absolute atomic E-state index is 0.178. The Morgan fingerprint density at radius 3 is 2.21 bits per heavy atom. The highest BCUT2D eigenvalue weighted by atomic mass is 32.2. The van der Waals surface area contributed by atoms with E-state index in [0.29, 0.717) is 0 Å². The summed E-state index contributed by atoms with van der Waals surface area (Å²) in [7, 11) is -5.42. The zero-order valence-corrected chi connectivity index (χ0v) is 11.1. The Bertz CT molecular complexity index is 613. The van der Waals surface area contributed by atoms with Crippen LogP contribution in [-0.2, 0) is 9.84 Å². The van der Waals surface area contributed by atoms with Gasteiger partial charge in [-0.1, -0.05) is 18.1 Å². The van der Waals surface area contributed by atoms with Gasteiger partial charge in [0.05, 0.1) is 16.1 Å². The maximum atomic E-state index is 12.6. The van der Waals surface area contributed by atoms with E-state index in [-0.39, 0.29) is 5.69 Å². The topological polar surface area (TPSA) is 46.2 Å². The first-order valence-electron chi connectivity index (χ1n) is 5.17. The predicted molar refractivity (Wildman–Crippen MR) is 66.2 cm³/mol. The Morgan fingerprint density at radius 1 is 1.21 bits per heavy atom. The molecular weight excluding hydrogens is 279 g/mol. The number of nitrogens with one attached hydrogen (secondary N) is 1. The summed E-state index contributed by atoms with van der Waals surface area (Å²) >= 11 is 0. The van der Waals surface area contributed by atoms with E-state index in [2.05, 4.69) is 11.2 Å². The Hall–Kier alpha value is -1.68. The van der Waals surface area contributed by atoms with Crippen LogP contribution in [0.25, 0.3) is 0 Å². The van der Waals surface area contributed by atoms with Crippen molar-refractivity contribution in [1.29, 1.82) is 0 Å². The number of anilines is 1. The summed E-state index contributed by atoms with van der Waals surface area (Å²) < 4.78 is 60.5. The van der Waals surface area contributed by atoms with Gasteiger partial charge in [0.25, 0.3) is 9.84 Å². The van der Waals surface area contributed by atoms with Gasteiger partial charge in [-0.3, -0.25) is 0 Å². The van der Waals surface area contributed by atoms with Crippen LogP contribution in [0.15, 0.2) is 29.2 Å². The third-order valence-electron chi connectivity index (χ3n) is 2.29. The van der Waals surface area contributed by atoms with Crippen LogP contribution >= 0.6 is 0 Å². The quantitative estimate of drug-likeness (QED) is 0.871. The summed E-state index contributed by atoms with van der Waals surface area (Å²) in [6.45, 7) is 3.09. The van der Waals surface area contributed by atoms with Gasteiger partial charge in [-0.25, -0.2) is 8.42 Å². The van der Waals surface area contributed by atoms with Crippen LogP contribution < -0.4 is 5.32 Å². The monoisotopic (exact) mass is 291 g/mol. The molecule has 0 aliphatic heterocycles. The molecule has 0 aromatic heterocycles. The summed E-state index contributed by atoms with van der Waals surface area (Å²) in [5.74, 6) is 2.32. The molecule has 0 heterocycles. The summed E-state index contributed by atoms with van der Waals surface area (Å²) in [5, 5.41) is 2.60. The van der Waals surface area contributed by atoms with E-state index in [1.165, 1.54) is 18.2 Å². The third kappa shape index (κ3) is 3.20. The number of terminal acetylenes is 1. The number of hydrogen-bond donors (Lipinski definition) is 1. The first-order chi connectivity index (χ1) is 8.51. The fourth-order valence-corrected chi connectivity index (χ4v) is 2.22.